The van der Waals surface area contributed by atoms with Crippen LogP contribution in [0, 0.1) is 11.8 Å². The molecule has 3 aromatic rings. The molecule has 4 rings (SSSR count). The Bertz CT molecular complexity index is 1340. The van der Waals surface area contributed by atoms with E-state index in [0.717, 1.165) is 0 Å². The molecule has 8 nitrogen and oxygen atoms in total. The van der Waals surface area contributed by atoms with Gasteiger partial charge in [0.2, 0.25) is 0 Å². The van der Waals surface area contributed by atoms with Crippen molar-refractivity contribution in [3.8, 4) is 17.6 Å². The molecule has 1 aromatic carbocycles. The van der Waals surface area contributed by atoms with Crippen molar-refractivity contribution >= 4 is 34.7 Å². The Morgan fingerprint density at radius 1 is 1.30 bits per heavy atom. The second kappa shape index (κ2) is 11.7. The van der Waals surface area contributed by atoms with Crippen LogP contribution in [0.25, 0.3) is 5.65 Å². The number of hydrogen-bond donors (Lipinski definition) is 3. The number of aromatic nitrogens is 2. The largest absolute Gasteiger partial charge is 0.495 e. The molecule has 37 heavy (non-hydrogen) atoms. The Labute approximate surface area is 217 Å². The second-order valence-electron chi connectivity index (χ2n) is 8.40. The SMILES string of the molecule is CNC(=O)c1ccc(OC)c(NCC#Cc2nc3c(N[C@@H]4CN(C)C[C@@H]4F)cccn3c2SC(F)F)c1. The van der Waals surface area contributed by atoms with Crippen molar-refractivity contribution in [1.29, 1.82) is 0 Å². The van der Waals surface area contributed by atoms with E-state index in [1.54, 1.807) is 40.9 Å². The van der Waals surface area contributed by atoms with Crippen LogP contribution < -0.4 is 20.7 Å². The van der Waals surface area contributed by atoms with Crippen molar-refractivity contribution in [2.24, 2.45) is 0 Å². The maximum atomic E-state index is 14.4. The fourth-order valence-corrected chi connectivity index (χ4v) is 4.76. The number of imidazole rings is 1. The van der Waals surface area contributed by atoms with Gasteiger partial charge in [-0.05, 0) is 55.1 Å². The summed E-state index contributed by atoms with van der Waals surface area (Å²) >= 11 is 0.351. The van der Waals surface area contributed by atoms with E-state index in [1.165, 1.54) is 14.2 Å². The van der Waals surface area contributed by atoms with Crippen LogP contribution in [0.2, 0.25) is 0 Å². The van der Waals surface area contributed by atoms with Crippen LogP contribution in [0.5, 0.6) is 5.75 Å². The first kappa shape index (κ1) is 26.5. The quantitative estimate of drug-likeness (QED) is 0.302. The minimum absolute atomic E-state index is 0.142. The lowest BCUT2D eigenvalue weighted by atomic mass is 10.1. The topological polar surface area (TPSA) is 82.9 Å². The van der Waals surface area contributed by atoms with E-state index in [0.29, 0.717) is 53.2 Å². The molecular formula is C25H27F3N6O2S. The first-order valence-electron chi connectivity index (χ1n) is 11.5. The van der Waals surface area contributed by atoms with Gasteiger partial charge in [-0.1, -0.05) is 5.92 Å². The highest BCUT2D eigenvalue weighted by Gasteiger charge is 2.31. The Morgan fingerprint density at radius 2 is 2.11 bits per heavy atom. The predicted molar refractivity (Wildman–Crippen MR) is 139 cm³/mol. The highest BCUT2D eigenvalue weighted by atomic mass is 32.2. The number of ether oxygens (including phenoxy) is 1. The van der Waals surface area contributed by atoms with Crippen LogP contribution in [-0.2, 0) is 0 Å². The molecule has 1 amide bonds. The van der Waals surface area contributed by atoms with Crippen molar-refractivity contribution in [3.05, 3.63) is 47.8 Å². The molecule has 3 heterocycles. The van der Waals surface area contributed by atoms with Gasteiger partial charge >= 0.3 is 0 Å². The number of hydrogen-bond acceptors (Lipinski definition) is 7. The molecule has 0 saturated carbocycles. The summed E-state index contributed by atoms with van der Waals surface area (Å²) in [6.45, 7) is 0.982. The number of amides is 1. The molecule has 0 unspecified atom stereocenters. The maximum Gasteiger partial charge on any atom is 0.290 e. The van der Waals surface area contributed by atoms with Gasteiger partial charge in [0.25, 0.3) is 11.7 Å². The normalized spacial score (nSPS) is 17.5. The van der Waals surface area contributed by atoms with Gasteiger partial charge in [-0.25, -0.2) is 9.37 Å². The molecule has 0 radical (unpaired) electrons. The lowest BCUT2D eigenvalue weighted by Gasteiger charge is -2.16. The maximum absolute atomic E-state index is 14.4. The summed E-state index contributed by atoms with van der Waals surface area (Å²) in [6.07, 6.45) is 0.573. The molecule has 1 fully saturated rings. The number of likely N-dealkylation sites (tertiary alicyclic amines) is 1. The number of nitrogens with one attached hydrogen (secondary N) is 3. The molecule has 1 saturated heterocycles. The number of nitrogens with zero attached hydrogens (tertiary/aromatic N) is 3. The van der Waals surface area contributed by atoms with Crippen LogP contribution in [0.4, 0.5) is 24.5 Å². The molecule has 0 spiro atoms. The van der Waals surface area contributed by atoms with Gasteiger partial charge in [-0.3, -0.25) is 9.20 Å². The number of thioether (sulfide) groups is 1. The van der Waals surface area contributed by atoms with Gasteiger partial charge in [-0.2, -0.15) is 8.78 Å². The van der Waals surface area contributed by atoms with E-state index in [9.17, 15) is 18.0 Å². The minimum atomic E-state index is -2.68. The third kappa shape index (κ3) is 6.06. The van der Waals surface area contributed by atoms with Gasteiger partial charge in [0.05, 0.1) is 31.1 Å². The summed E-state index contributed by atoms with van der Waals surface area (Å²) in [5, 5.41) is 9.02. The Kier molecular flexibility index (Phi) is 8.35. The number of rotatable bonds is 8. The summed E-state index contributed by atoms with van der Waals surface area (Å²) < 4.78 is 48.0. The van der Waals surface area contributed by atoms with Gasteiger partial charge in [0.15, 0.2) is 5.65 Å². The zero-order chi connectivity index (χ0) is 26.5. The first-order valence-corrected chi connectivity index (χ1v) is 12.4. The zero-order valence-electron chi connectivity index (χ0n) is 20.5. The van der Waals surface area contributed by atoms with Crippen LogP contribution in [0.15, 0.2) is 41.6 Å². The molecule has 3 N–H and O–H groups in total. The Hall–Kier alpha value is -3.56. The number of halogens is 3. The van der Waals surface area contributed by atoms with Crippen molar-refractivity contribution in [1.82, 2.24) is 19.6 Å². The van der Waals surface area contributed by atoms with Crippen LogP contribution in [0.3, 0.4) is 0 Å². The molecule has 12 heteroatoms. The van der Waals surface area contributed by atoms with E-state index in [4.69, 9.17) is 4.74 Å². The smallest absolute Gasteiger partial charge is 0.290 e. The molecular weight excluding hydrogens is 505 g/mol. The lowest BCUT2D eigenvalue weighted by Crippen LogP contribution is -2.29. The fraction of sp³-hybridized carbons (Fsp3) is 0.360. The van der Waals surface area contributed by atoms with Crippen molar-refractivity contribution in [3.63, 3.8) is 0 Å². The van der Waals surface area contributed by atoms with Gasteiger partial charge < -0.3 is 25.6 Å². The third-order valence-electron chi connectivity index (χ3n) is 5.84. The van der Waals surface area contributed by atoms with Crippen LogP contribution >= 0.6 is 11.8 Å². The fourth-order valence-electron chi connectivity index (χ4n) is 4.12. The summed E-state index contributed by atoms with van der Waals surface area (Å²) in [4.78, 5) is 18.3. The third-order valence-corrected chi connectivity index (χ3v) is 6.63. The first-order chi connectivity index (χ1) is 17.8. The molecule has 196 valence electrons. The van der Waals surface area contributed by atoms with E-state index in [1.807, 2.05) is 11.9 Å². The van der Waals surface area contributed by atoms with E-state index < -0.39 is 18.0 Å². The summed E-state index contributed by atoms with van der Waals surface area (Å²) in [5.41, 5.74) is 2.13. The van der Waals surface area contributed by atoms with Crippen molar-refractivity contribution in [2.75, 3.05) is 51.5 Å². The van der Waals surface area contributed by atoms with Gasteiger partial charge in [0.1, 0.15) is 22.6 Å². The molecule has 1 aliphatic rings. The number of benzene rings is 1. The lowest BCUT2D eigenvalue weighted by molar-refractivity contribution is 0.0963. The Balaban J connectivity index is 1.59. The molecule has 2 atom stereocenters. The summed E-state index contributed by atoms with van der Waals surface area (Å²) in [6, 6.07) is 7.95. The number of fused-ring (bicyclic) bond motifs is 1. The molecule has 0 aliphatic carbocycles. The number of methoxy groups -OCH3 is 1. The van der Waals surface area contributed by atoms with Crippen molar-refractivity contribution in [2.45, 2.75) is 23.0 Å². The summed E-state index contributed by atoms with van der Waals surface area (Å²) in [5.74, 6) is 3.38. The number of alkyl halides is 3. The highest BCUT2D eigenvalue weighted by molar-refractivity contribution is 7.99. The van der Waals surface area contributed by atoms with Gasteiger partial charge in [-0.15, -0.1) is 0 Å². The second-order valence-corrected chi connectivity index (χ2v) is 9.38. The molecule has 1 aliphatic heterocycles. The van der Waals surface area contributed by atoms with Crippen molar-refractivity contribution < 1.29 is 22.7 Å². The van der Waals surface area contributed by atoms with E-state index >= 15 is 0 Å². The number of carbonyl (C=O) groups is 1. The summed E-state index contributed by atoms with van der Waals surface area (Å²) in [7, 11) is 4.89. The minimum Gasteiger partial charge on any atom is -0.495 e. The number of likely N-dealkylation sites (N-methyl/N-ethyl adjacent to an activating group) is 1. The standard InChI is InChI=1S/C25H27F3N6O2S/c1-29-23(35)15-8-9-21(36-3)19(12-15)30-10-4-6-18-24(37-25(27)28)34-11-5-7-17(22(34)32-18)31-20-14-33(2)13-16(20)26/h5,7-9,11-12,16,20,25,30-31H,10,13-14H2,1-3H3,(H,29,35)/t16-,20+/m0/s1. The Morgan fingerprint density at radius 3 is 2.78 bits per heavy atom. The number of pyridine rings is 1. The average molecular weight is 533 g/mol. The molecule has 0 bridgehead atoms. The average Bonchev–Trinajstić information content (AvgIpc) is 3.39. The van der Waals surface area contributed by atoms with E-state index in [-0.39, 0.29) is 23.2 Å². The highest BCUT2D eigenvalue weighted by Crippen LogP contribution is 2.32. The van der Waals surface area contributed by atoms with E-state index in [2.05, 4.69) is 32.8 Å². The molecule has 2 aromatic heterocycles. The predicted octanol–water partition coefficient (Wildman–Crippen LogP) is 3.54. The monoisotopic (exact) mass is 532 g/mol. The van der Waals surface area contributed by atoms with Crippen LogP contribution in [0.1, 0.15) is 16.1 Å². The van der Waals surface area contributed by atoms with Gasteiger partial charge in [0, 0.05) is 31.9 Å². The number of anilines is 2. The zero-order valence-corrected chi connectivity index (χ0v) is 21.3. The van der Waals surface area contributed by atoms with Crippen LogP contribution in [-0.4, -0.2) is 79.0 Å². The number of carbonyl (C=O) groups excluding carboxylic acids is 1.